The summed E-state index contributed by atoms with van der Waals surface area (Å²) in [4.78, 5) is 14.5. The number of hydrogen-bond acceptors (Lipinski definition) is 2. The van der Waals surface area contributed by atoms with Gasteiger partial charge in [-0.25, -0.2) is 0 Å². The molecule has 0 aliphatic carbocycles. The number of hydrogen-bond donors (Lipinski definition) is 1. The molecule has 1 amide bonds. The molecular formula is C14H12N2O. The van der Waals surface area contributed by atoms with Crippen LogP contribution in [0.1, 0.15) is 11.3 Å². The van der Waals surface area contributed by atoms with Gasteiger partial charge in [0.25, 0.3) is 0 Å². The minimum absolute atomic E-state index is 0.668. The van der Waals surface area contributed by atoms with E-state index in [4.69, 9.17) is 0 Å². The van der Waals surface area contributed by atoms with Gasteiger partial charge in [0.1, 0.15) is 0 Å². The fourth-order valence-electron chi connectivity index (χ4n) is 1.46. The van der Waals surface area contributed by atoms with Crippen LogP contribution in [-0.4, -0.2) is 11.4 Å². The Hall–Kier alpha value is -2.42. The van der Waals surface area contributed by atoms with Gasteiger partial charge < -0.3 is 5.32 Å². The Bertz CT molecular complexity index is 521. The van der Waals surface area contributed by atoms with E-state index in [9.17, 15) is 4.79 Å². The zero-order valence-electron chi connectivity index (χ0n) is 9.21. The van der Waals surface area contributed by atoms with E-state index in [1.165, 1.54) is 0 Å². The van der Waals surface area contributed by atoms with Crippen LogP contribution in [0.3, 0.4) is 0 Å². The van der Waals surface area contributed by atoms with E-state index in [1.54, 1.807) is 6.20 Å². The summed E-state index contributed by atoms with van der Waals surface area (Å²) in [7, 11) is 0. The first-order chi connectivity index (χ1) is 8.38. The number of rotatable bonds is 4. The molecule has 0 spiro atoms. The van der Waals surface area contributed by atoms with Crippen LogP contribution in [0.2, 0.25) is 0 Å². The molecule has 0 saturated carbocycles. The van der Waals surface area contributed by atoms with Crippen molar-refractivity contribution in [1.29, 1.82) is 0 Å². The van der Waals surface area contributed by atoms with Crippen LogP contribution in [0, 0.1) is 0 Å². The molecular weight excluding hydrogens is 212 g/mol. The third kappa shape index (κ3) is 3.28. The number of nitrogens with one attached hydrogen (secondary N) is 1. The van der Waals surface area contributed by atoms with E-state index in [-0.39, 0.29) is 0 Å². The number of pyridine rings is 1. The Morgan fingerprint density at radius 2 is 2.00 bits per heavy atom. The van der Waals surface area contributed by atoms with E-state index in [2.05, 4.69) is 10.3 Å². The fourth-order valence-corrected chi connectivity index (χ4v) is 1.46. The van der Waals surface area contributed by atoms with Gasteiger partial charge in [0.15, 0.2) is 0 Å². The number of aromatic nitrogens is 1. The first-order valence-corrected chi connectivity index (χ1v) is 5.28. The zero-order valence-corrected chi connectivity index (χ0v) is 9.21. The van der Waals surface area contributed by atoms with Gasteiger partial charge in [0.05, 0.1) is 5.69 Å². The number of amides is 1. The second-order valence-electron chi connectivity index (χ2n) is 3.48. The van der Waals surface area contributed by atoms with E-state index >= 15 is 0 Å². The lowest BCUT2D eigenvalue weighted by Crippen LogP contribution is -1.92. The predicted octanol–water partition coefficient (Wildman–Crippen LogP) is 2.82. The number of carbonyl (C=O) groups excluding carboxylic acids is 1. The molecule has 17 heavy (non-hydrogen) atoms. The van der Waals surface area contributed by atoms with Crippen LogP contribution in [0.4, 0.5) is 5.69 Å². The maximum absolute atomic E-state index is 10.3. The lowest BCUT2D eigenvalue weighted by Gasteiger charge is -1.99. The molecule has 3 nitrogen and oxygen atoms in total. The highest BCUT2D eigenvalue weighted by Crippen LogP contribution is 2.12. The molecule has 0 aliphatic heterocycles. The third-order valence-corrected chi connectivity index (χ3v) is 2.25. The first-order valence-electron chi connectivity index (χ1n) is 5.28. The SMILES string of the molecule is O=CNc1cccc(C=Cc2ccccn2)c1. The molecule has 0 bridgehead atoms. The van der Waals surface area contributed by atoms with Crippen molar-refractivity contribution in [2.24, 2.45) is 0 Å². The van der Waals surface area contributed by atoms with Crippen LogP contribution in [0.5, 0.6) is 0 Å². The highest BCUT2D eigenvalue weighted by molar-refractivity contribution is 5.75. The normalized spacial score (nSPS) is 10.4. The van der Waals surface area contributed by atoms with E-state index < -0.39 is 0 Å². The minimum atomic E-state index is 0.668. The lowest BCUT2D eigenvalue weighted by atomic mass is 10.1. The number of benzene rings is 1. The second-order valence-corrected chi connectivity index (χ2v) is 3.48. The van der Waals surface area contributed by atoms with Crippen molar-refractivity contribution in [3.05, 3.63) is 59.9 Å². The van der Waals surface area contributed by atoms with Crippen LogP contribution >= 0.6 is 0 Å². The van der Waals surface area contributed by atoms with Crippen LogP contribution < -0.4 is 5.32 Å². The molecule has 0 radical (unpaired) electrons. The highest BCUT2D eigenvalue weighted by atomic mass is 16.1. The van der Waals surface area contributed by atoms with Gasteiger partial charge in [-0.2, -0.15) is 0 Å². The maximum Gasteiger partial charge on any atom is 0.211 e. The van der Waals surface area contributed by atoms with Gasteiger partial charge in [-0.15, -0.1) is 0 Å². The van der Waals surface area contributed by atoms with Crippen LogP contribution in [-0.2, 0) is 4.79 Å². The summed E-state index contributed by atoms with van der Waals surface area (Å²) in [5.74, 6) is 0. The average Bonchev–Trinajstić information content (AvgIpc) is 2.39. The zero-order chi connectivity index (χ0) is 11.9. The second kappa shape index (κ2) is 5.61. The standard InChI is InChI=1S/C14H12N2O/c17-11-16-14-6-3-4-12(10-14)7-8-13-5-1-2-9-15-13/h1-11H,(H,16,17). The molecule has 1 N–H and O–H groups in total. The van der Waals surface area contributed by atoms with Crippen molar-refractivity contribution in [2.75, 3.05) is 5.32 Å². The molecule has 84 valence electrons. The Balaban J connectivity index is 2.15. The molecule has 3 heteroatoms. The summed E-state index contributed by atoms with van der Waals surface area (Å²) in [5.41, 5.74) is 2.70. The molecule has 0 unspecified atom stereocenters. The molecule has 2 aromatic rings. The largest absolute Gasteiger partial charge is 0.329 e. The summed E-state index contributed by atoms with van der Waals surface area (Å²) >= 11 is 0. The van der Waals surface area contributed by atoms with Crippen LogP contribution in [0.25, 0.3) is 12.2 Å². The van der Waals surface area contributed by atoms with Crippen molar-refractivity contribution >= 4 is 24.2 Å². The summed E-state index contributed by atoms with van der Waals surface area (Å²) in [6.07, 6.45) is 6.31. The smallest absolute Gasteiger partial charge is 0.211 e. The van der Waals surface area contributed by atoms with Crippen molar-refractivity contribution < 1.29 is 4.79 Å². The van der Waals surface area contributed by atoms with E-state index in [0.717, 1.165) is 16.9 Å². The molecule has 2 rings (SSSR count). The van der Waals surface area contributed by atoms with Crippen molar-refractivity contribution in [3.63, 3.8) is 0 Å². The van der Waals surface area contributed by atoms with Crippen molar-refractivity contribution in [3.8, 4) is 0 Å². The van der Waals surface area contributed by atoms with Gasteiger partial charge in [-0.05, 0) is 35.9 Å². The topological polar surface area (TPSA) is 42.0 Å². The van der Waals surface area contributed by atoms with Gasteiger partial charge >= 0.3 is 0 Å². The summed E-state index contributed by atoms with van der Waals surface area (Å²) in [6.45, 7) is 0. The average molecular weight is 224 g/mol. The maximum atomic E-state index is 10.3. The minimum Gasteiger partial charge on any atom is -0.329 e. The first kappa shape index (κ1) is 11.1. The molecule has 0 saturated heterocycles. The molecule has 0 aliphatic rings. The summed E-state index contributed by atoms with van der Waals surface area (Å²) in [6, 6.07) is 13.4. The monoisotopic (exact) mass is 224 g/mol. The van der Waals surface area contributed by atoms with Gasteiger partial charge in [0.2, 0.25) is 6.41 Å². The summed E-state index contributed by atoms with van der Waals surface area (Å²) in [5, 5.41) is 2.62. The molecule has 1 aromatic heterocycles. The molecule has 1 aromatic carbocycles. The Morgan fingerprint density at radius 3 is 2.76 bits per heavy atom. The highest BCUT2D eigenvalue weighted by Gasteiger charge is 1.91. The van der Waals surface area contributed by atoms with Crippen molar-refractivity contribution in [1.82, 2.24) is 4.98 Å². The quantitative estimate of drug-likeness (QED) is 0.811. The predicted molar refractivity (Wildman–Crippen MR) is 69.3 cm³/mol. The summed E-state index contributed by atoms with van der Waals surface area (Å²) < 4.78 is 0. The molecule has 0 atom stereocenters. The van der Waals surface area contributed by atoms with E-state index in [1.807, 2.05) is 54.6 Å². The number of carbonyl (C=O) groups is 1. The fraction of sp³-hybridized carbons (Fsp3) is 0. The molecule has 0 fully saturated rings. The number of anilines is 1. The molecule has 1 heterocycles. The lowest BCUT2D eigenvalue weighted by molar-refractivity contribution is -0.105. The van der Waals surface area contributed by atoms with Gasteiger partial charge in [0, 0.05) is 11.9 Å². The van der Waals surface area contributed by atoms with Gasteiger partial charge in [-0.1, -0.05) is 24.3 Å². The Morgan fingerprint density at radius 1 is 1.06 bits per heavy atom. The van der Waals surface area contributed by atoms with Gasteiger partial charge in [-0.3, -0.25) is 9.78 Å². The van der Waals surface area contributed by atoms with Crippen molar-refractivity contribution in [2.45, 2.75) is 0 Å². The van der Waals surface area contributed by atoms with E-state index in [0.29, 0.717) is 6.41 Å². The Kier molecular flexibility index (Phi) is 3.65. The number of nitrogens with zero attached hydrogens (tertiary/aromatic N) is 1. The van der Waals surface area contributed by atoms with Crippen LogP contribution in [0.15, 0.2) is 48.7 Å². The Labute approximate surface area is 99.8 Å². The third-order valence-electron chi connectivity index (χ3n) is 2.25.